The first kappa shape index (κ1) is 8.43. The molecular weight excluding hydrogens is 161 g/mol. The second kappa shape index (κ2) is 4.26. The summed E-state index contributed by atoms with van der Waals surface area (Å²) in [5.74, 6) is 0. The molecule has 0 saturated carbocycles. The van der Waals surface area contributed by atoms with Crippen LogP contribution in [0.4, 0.5) is 4.39 Å². The molecule has 0 aliphatic carbocycles. The molecule has 0 aliphatic heterocycles. The van der Waals surface area contributed by atoms with Crippen LogP contribution in [0.2, 0.25) is 0 Å². The number of likely N-dealkylation sites (N-methyl/N-ethyl adjacent to an activating group) is 1. The second-order valence-corrected chi connectivity index (χ2v) is 3.09. The number of nitrogens with one attached hydrogen (secondary N) is 1. The average Bonchev–Trinajstić information content (AvgIpc) is 2.52. The summed E-state index contributed by atoms with van der Waals surface area (Å²) in [5.41, 5.74) is 0.711. The highest BCUT2D eigenvalue weighted by Crippen LogP contribution is 2.19. The SMILES string of the molecule is CNCC(=CF)c1cccs1. The summed E-state index contributed by atoms with van der Waals surface area (Å²) in [7, 11) is 1.80. The van der Waals surface area contributed by atoms with E-state index in [2.05, 4.69) is 5.32 Å². The van der Waals surface area contributed by atoms with Gasteiger partial charge in [-0.1, -0.05) is 6.07 Å². The van der Waals surface area contributed by atoms with Crippen LogP contribution in [0.15, 0.2) is 23.8 Å². The molecule has 0 aromatic carbocycles. The molecule has 60 valence electrons. The lowest BCUT2D eigenvalue weighted by molar-refractivity contribution is 0.718. The Bertz CT molecular complexity index is 228. The maximum absolute atomic E-state index is 12.2. The third-order valence-corrected chi connectivity index (χ3v) is 2.28. The number of halogens is 1. The first-order valence-electron chi connectivity index (χ1n) is 3.36. The van der Waals surface area contributed by atoms with Crippen LogP contribution in [0.3, 0.4) is 0 Å². The highest BCUT2D eigenvalue weighted by molar-refractivity contribution is 7.11. The molecule has 1 rings (SSSR count). The van der Waals surface area contributed by atoms with E-state index in [9.17, 15) is 4.39 Å². The number of hydrogen-bond donors (Lipinski definition) is 1. The first-order valence-corrected chi connectivity index (χ1v) is 4.24. The van der Waals surface area contributed by atoms with Gasteiger partial charge in [0.2, 0.25) is 0 Å². The van der Waals surface area contributed by atoms with E-state index >= 15 is 0 Å². The van der Waals surface area contributed by atoms with Gasteiger partial charge in [0.1, 0.15) is 0 Å². The summed E-state index contributed by atoms with van der Waals surface area (Å²) in [6.45, 7) is 0.580. The first-order chi connectivity index (χ1) is 5.38. The molecule has 1 aromatic heterocycles. The van der Waals surface area contributed by atoms with Crippen molar-refractivity contribution in [3.63, 3.8) is 0 Å². The van der Waals surface area contributed by atoms with Gasteiger partial charge in [-0.25, -0.2) is 4.39 Å². The van der Waals surface area contributed by atoms with Crippen molar-refractivity contribution in [1.82, 2.24) is 5.32 Å². The van der Waals surface area contributed by atoms with Crippen molar-refractivity contribution < 1.29 is 4.39 Å². The zero-order valence-corrected chi connectivity index (χ0v) is 7.12. The van der Waals surface area contributed by atoms with E-state index in [1.54, 1.807) is 18.4 Å². The molecule has 1 nitrogen and oxygen atoms in total. The van der Waals surface area contributed by atoms with Gasteiger partial charge in [-0.15, -0.1) is 11.3 Å². The van der Waals surface area contributed by atoms with Crippen LogP contribution in [0.5, 0.6) is 0 Å². The fourth-order valence-corrected chi connectivity index (χ4v) is 1.56. The van der Waals surface area contributed by atoms with E-state index in [4.69, 9.17) is 0 Å². The fraction of sp³-hybridized carbons (Fsp3) is 0.250. The fourth-order valence-electron chi connectivity index (χ4n) is 0.831. The normalized spacial score (nSPS) is 12.0. The molecule has 0 atom stereocenters. The predicted molar refractivity (Wildman–Crippen MR) is 47.3 cm³/mol. The van der Waals surface area contributed by atoms with Gasteiger partial charge >= 0.3 is 0 Å². The summed E-state index contributed by atoms with van der Waals surface area (Å²) < 4.78 is 12.2. The van der Waals surface area contributed by atoms with Gasteiger partial charge in [0, 0.05) is 17.0 Å². The Hall–Kier alpha value is -0.670. The maximum Gasteiger partial charge on any atom is 0.0926 e. The monoisotopic (exact) mass is 171 g/mol. The van der Waals surface area contributed by atoms with Crippen molar-refractivity contribution in [3.8, 4) is 0 Å². The lowest BCUT2D eigenvalue weighted by Crippen LogP contribution is -2.08. The molecule has 0 radical (unpaired) electrons. The van der Waals surface area contributed by atoms with Crippen LogP contribution in [-0.2, 0) is 0 Å². The van der Waals surface area contributed by atoms with Gasteiger partial charge < -0.3 is 5.32 Å². The highest BCUT2D eigenvalue weighted by atomic mass is 32.1. The lowest BCUT2D eigenvalue weighted by Gasteiger charge is -1.99. The Morgan fingerprint density at radius 2 is 2.64 bits per heavy atom. The maximum atomic E-state index is 12.2. The molecule has 1 aromatic rings. The van der Waals surface area contributed by atoms with Crippen molar-refractivity contribution >= 4 is 16.9 Å². The van der Waals surface area contributed by atoms with Crippen LogP contribution in [-0.4, -0.2) is 13.6 Å². The van der Waals surface area contributed by atoms with Crippen molar-refractivity contribution in [2.24, 2.45) is 0 Å². The summed E-state index contributed by atoms with van der Waals surface area (Å²) in [6.07, 6.45) is 0.655. The Balaban J connectivity index is 2.72. The average molecular weight is 171 g/mol. The van der Waals surface area contributed by atoms with Crippen molar-refractivity contribution in [1.29, 1.82) is 0 Å². The largest absolute Gasteiger partial charge is 0.316 e. The van der Waals surface area contributed by atoms with Crippen LogP contribution < -0.4 is 5.32 Å². The van der Waals surface area contributed by atoms with E-state index in [0.29, 0.717) is 18.4 Å². The highest BCUT2D eigenvalue weighted by Gasteiger charge is 2.00. The molecule has 1 N–H and O–H groups in total. The molecular formula is C8H10FNS. The van der Waals surface area contributed by atoms with Crippen molar-refractivity contribution in [2.45, 2.75) is 0 Å². The molecule has 0 fully saturated rings. The Morgan fingerprint density at radius 1 is 1.82 bits per heavy atom. The van der Waals surface area contributed by atoms with Gasteiger partial charge in [-0.05, 0) is 18.5 Å². The summed E-state index contributed by atoms with van der Waals surface area (Å²) in [6, 6.07) is 3.83. The predicted octanol–water partition coefficient (Wildman–Crippen LogP) is 2.28. The molecule has 0 spiro atoms. The van der Waals surface area contributed by atoms with Crippen molar-refractivity contribution in [3.05, 3.63) is 28.7 Å². The van der Waals surface area contributed by atoms with E-state index in [1.807, 2.05) is 17.5 Å². The quantitative estimate of drug-likeness (QED) is 0.735. The zero-order chi connectivity index (χ0) is 8.10. The molecule has 0 aliphatic rings. The van der Waals surface area contributed by atoms with Gasteiger partial charge in [-0.3, -0.25) is 0 Å². The minimum absolute atomic E-state index is 0.580. The zero-order valence-electron chi connectivity index (χ0n) is 6.30. The van der Waals surface area contributed by atoms with E-state index in [0.717, 1.165) is 4.88 Å². The summed E-state index contributed by atoms with van der Waals surface area (Å²) in [4.78, 5) is 0.988. The Kier molecular flexibility index (Phi) is 3.26. The number of hydrogen-bond acceptors (Lipinski definition) is 2. The van der Waals surface area contributed by atoms with E-state index in [-0.39, 0.29) is 0 Å². The number of thiophene rings is 1. The smallest absolute Gasteiger partial charge is 0.0926 e. The molecule has 0 amide bonds. The molecule has 11 heavy (non-hydrogen) atoms. The molecule has 0 unspecified atom stereocenters. The second-order valence-electron chi connectivity index (χ2n) is 2.14. The summed E-state index contributed by atoms with van der Waals surface area (Å²) >= 11 is 1.55. The third kappa shape index (κ3) is 2.13. The third-order valence-electron chi connectivity index (χ3n) is 1.34. The standard InChI is InChI=1S/C8H10FNS/c1-10-6-7(5-9)8-3-2-4-11-8/h2-5,10H,6H2,1H3. The topological polar surface area (TPSA) is 12.0 Å². The lowest BCUT2D eigenvalue weighted by atomic mass is 10.2. The van der Waals surface area contributed by atoms with Crippen LogP contribution >= 0.6 is 11.3 Å². The number of rotatable bonds is 3. The van der Waals surface area contributed by atoms with Gasteiger partial charge in [0.05, 0.1) is 6.33 Å². The van der Waals surface area contributed by atoms with E-state index in [1.165, 1.54) is 0 Å². The van der Waals surface area contributed by atoms with Gasteiger partial charge in [0.15, 0.2) is 0 Å². The molecule has 0 saturated heterocycles. The minimum Gasteiger partial charge on any atom is -0.316 e. The van der Waals surface area contributed by atoms with Gasteiger partial charge in [0.25, 0.3) is 0 Å². The van der Waals surface area contributed by atoms with Crippen molar-refractivity contribution in [2.75, 3.05) is 13.6 Å². The van der Waals surface area contributed by atoms with E-state index < -0.39 is 0 Å². The van der Waals surface area contributed by atoms with Crippen LogP contribution in [0.25, 0.3) is 5.57 Å². The minimum atomic E-state index is 0.580. The summed E-state index contributed by atoms with van der Waals surface area (Å²) in [5, 5.41) is 4.84. The van der Waals surface area contributed by atoms with Gasteiger partial charge in [-0.2, -0.15) is 0 Å². The Labute approximate surface area is 69.6 Å². The molecule has 0 bridgehead atoms. The van der Waals surface area contributed by atoms with Crippen LogP contribution in [0, 0.1) is 0 Å². The molecule has 3 heteroatoms. The van der Waals surface area contributed by atoms with Crippen LogP contribution in [0.1, 0.15) is 4.88 Å². The Morgan fingerprint density at radius 3 is 3.09 bits per heavy atom. The molecule has 1 heterocycles.